The SMILES string of the molecule is CC1(C)OC[C@@H](Cn2c(C(C)(C)CO)cc3cc([N+](=O)[O-])c(F)cc32)O1. The van der Waals surface area contributed by atoms with Gasteiger partial charge in [-0.3, -0.25) is 10.1 Å². The highest BCUT2D eigenvalue weighted by Crippen LogP contribution is 2.34. The second-order valence-corrected chi connectivity index (χ2v) is 7.75. The number of hydrogen-bond acceptors (Lipinski definition) is 5. The number of aromatic nitrogens is 1. The number of ether oxygens (including phenoxy) is 2. The van der Waals surface area contributed by atoms with Gasteiger partial charge in [-0.1, -0.05) is 13.8 Å². The molecule has 1 aliphatic rings. The maximum absolute atomic E-state index is 14.2. The van der Waals surface area contributed by atoms with Crippen LogP contribution in [0.5, 0.6) is 0 Å². The molecule has 1 aromatic carbocycles. The normalized spacial score (nSPS) is 20.0. The molecule has 1 atom stereocenters. The Hall–Kier alpha value is -2.03. The van der Waals surface area contributed by atoms with Gasteiger partial charge in [0.1, 0.15) is 6.10 Å². The van der Waals surface area contributed by atoms with Crippen molar-refractivity contribution in [1.82, 2.24) is 4.57 Å². The Bertz CT molecular complexity index is 859. The molecule has 2 heterocycles. The topological polar surface area (TPSA) is 86.8 Å². The van der Waals surface area contributed by atoms with Crippen molar-refractivity contribution in [1.29, 1.82) is 0 Å². The molecule has 26 heavy (non-hydrogen) atoms. The van der Waals surface area contributed by atoms with Crippen molar-refractivity contribution in [2.24, 2.45) is 0 Å². The number of rotatable bonds is 5. The zero-order valence-electron chi connectivity index (χ0n) is 15.3. The smallest absolute Gasteiger partial charge is 0.305 e. The van der Waals surface area contributed by atoms with E-state index in [-0.39, 0.29) is 12.7 Å². The highest BCUT2D eigenvalue weighted by molar-refractivity contribution is 5.84. The number of nitrogens with zero attached hydrogens (tertiary/aromatic N) is 2. The Morgan fingerprint density at radius 3 is 2.65 bits per heavy atom. The fourth-order valence-corrected chi connectivity index (χ4v) is 3.31. The van der Waals surface area contributed by atoms with Crippen molar-refractivity contribution in [3.8, 4) is 0 Å². The molecule has 0 amide bonds. The van der Waals surface area contributed by atoms with Gasteiger partial charge in [-0.05, 0) is 19.9 Å². The van der Waals surface area contributed by atoms with E-state index in [1.54, 1.807) is 6.07 Å². The first-order valence-electron chi connectivity index (χ1n) is 8.44. The molecular weight excluding hydrogens is 343 g/mol. The van der Waals surface area contributed by atoms with Crippen molar-refractivity contribution >= 4 is 16.6 Å². The number of halogens is 1. The Labute approximate surface area is 150 Å². The van der Waals surface area contributed by atoms with E-state index in [2.05, 4.69) is 0 Å². The molecule has 142 valence electrons. The summed E-state index contributed by atoms with van der Waals surface area (Å²) in [4.78, 5) is 10.3. The average molecular weight is 366 g/mol. The molecule has 0 radical (unpaired) electrons. The van der Waals surface area contributed by atoms with Crippen LogP contribution in [0, 0.1) is 15.9 Å². The molecule has 1 aromatic heterocycles. The van der Waals surface area contributed by atoms with Crippen LogP contribution in [0.1, 0.15) is 33.4 Å². The molecule has 0 spiro atoms. The van der Waals surface area contributed by atoms with Gasteiger partial charge in [-0.25, -0.2) is 0 Å². The average Bonchev–Trinajstić information content (AvgIpc) is 3.07. The third-order valence-electron chi connectivity index (χ3n) is 4.71. The Kier molecular flexibility index (Phi) is 4.54. The predicted octanol–water partition coefficient (Wildman–Crippen LogP) is 3.11. The quantitative estimate of drug-likeness (QED) is 0.649. The molecule has 1 fully saturated rings. The summed E-state index contributed by atoms with van der Waals surface area (Å²) in [6, 6.07) is 4.17. The van der Waals surface area contributed by atoms with Gasteiger partial charge >= 0.3 is 5.69 Å². The van der Waals surface area contributed by atoms with Crippen LogP contribution in [-0.2, 0) is 21.4 Å². The molecule has 1 aliphatic heterocycles. The van der Waals surface area contributed by atoms with Crippen LogP contribution in [0.4, 0.5) is 10.1 Å². The van der Waals surface area contributed by atoms with Gasteiger partial charge in [0.2, 0.25) is 5.82 Å². The van der Waals surface area contributed by atoms with Crippen LogP contribution in [0.25, 0.3) is 10.9 Å². The lowest BCUT2D eigenvalue weighted by Gasteiger charge is -2.26. The zero-order valence-corrected chi connectivity index (χ0v) is 15.3. The van der Waals surface area contributed by atoms with Crippen LogP contribution in [0.2, 0.25) is 0 Å². The molecule has 0 unspecified atom stereocenters. The monoisotopic (exact) mass is 366 g/mol. The lowest BCUT2D eigenvalue weighted by Crippen LogP contribution is -2.29. The van der Waals surface area contributed by atoms with Crippen LogP contribution in [0.15, 0.2) is 18.2 Å². The van der Waals surface area contributed by atoms with Crippen LogP contribution >= 0.6 is 0 Å². The van der Waals surface area contributed by atoms with Crippen molar-refractivity contribution in [2.45, 2.75) is 51.5 Å². The second-order valence-electron chi connectivity index (χ2n) is 7.75. The summed E-state index contributed by atoms with van der Waals surface area (Å²) >= 11 is 0. The zero-order chi connectivity index (χ0) is 19.3. The van der Waals surface area contributed by atoms with Crippen molar-refractivity contribution in [2.75, 3.05) is 13.2 Å². The van der Waals surface area contributed by atoms with E-state index in [0.717, 1.165) is 5.69 Å². The lowest BCUT2D eigenvalue weighted by atomic mass is 9.90. The summed E-state index contributed by atoms with van der Waals surface area (Å²) in [6.07, 6.45) is -0.243. The van der Waals surface area contributed by atoms with Crippen LogP contribution in [-0.4, -0.2) is 39.7 Å². The standard InChI is InChI=1S/C18H23FN2O5/c1-17(2,10-22)16-6-11-5-15(21(23)24)13(19)7-14(11)20(16)8-12-9-25-18(3,4)26-12/h5-7,12,22H,8-10H2,1-4H3/t12-/m1/s1. The number of aliphatic hydroxyl groups is 1. The summed E-state index contributed by atoms with van der Waals surface area (Å²) in [5.41, 5.74) is 0.102. The fraction of sp³-hybridized carbons (Fsp3) is 0.556. The minimum atomic E-state index is -0.890. The number of aliphatic hydroxyl groups excluding tert-OH is 1. The van der Waals surface area contributed by atoms with Crippen LogP contribution in [0.3, 0.4) is 0 Å². The Morgan fingerprint density at radius 2 is 2.12 bits per heavy atom. The van der Waals surface area contributed by atoms with E-state index < -0.39 is 27.6 Å². The number of benzene rings is 1. The minimum absolute atomic E-state index is 0.124. The highest BCUT2D eigenvalue weighted by atomic mass is 19.1. The number of fused-ring (bicyclic) bond motifs is 1. The van der Waals surface area contributed by atoms with Gasteiger partial charge in [0.05, 0.1) is 30.2 Å². The van der Waals surface area contributed by atoms with E-state index in [4.69, 9.17) is 9.47 Å². The third kappa shape index (κ3) is 3.32. The summed E-state index contributed by atoms with van der Waals surface area (Å²) in [6.45, 7) is 8.02. The third-order valence-corrected chi connectivity index (χ3v) is 4.71. The number of nitro groups is 1. The first kappa shape index (κ1) is 18.8. The molecule has 8 heteroatoms. The molecule has 1 N–H and O–H groups in total. The maximum atomic E-state index is 14.2. The Morgan fingerprint density at radius 1 is 1.42 bits per heavy atom. The van der Waals surface area contributed by atoms with Gasteiger partial charge < -0.3 is 19.1 Å². The van der Waals surface area contributed by atoms with E-state index >= 15 is 0 Å². The first-order chi connectivity index (χ1) is 12.0. The molecule has 0 aliphatic carbocycles. The second kappa shape index (κ2) is 6.29. The Balaban J connectivity index is 2.13. The van der Waals surface area contributed by atoms with Gasteiger partial charge in [-0.15, -0.1) is 0 Å². The van der Waals surface area contributed by atoms with Gasteiger partial charge in [0, 0.05) is 28.6 Å². The number of hydrogen-bond donors (Lipinski definition) is 1. The maximum Gasteiger partial charge on any atom is 0.305 e. The summed E-state index contributed by atoms with van der Waals surface area (Å²) < 4.78 is 27.5. The van der Waals surface area contributed by atoms with E-state index in [1.165, 1.54) is 12.1 Å². The number of nitro benzene ring substituents is 1. The molecular formula is C18H23FN2O5. The largest absolute Gasteiger partial charge is 0.395 e. The highest BCUT2D eigenvalue weighted by Gasteiger charge is 2.35. The molecule has 0 saturated carbocycles. The summed E-state index contributed by atoms with van der Waals surface area (Å²) in [5, 5.41) is 21.4. The van der Waals surface area contributed by atoms with Crippen molar-refractivity contribution in [3.63, 3.8) is 0 Å². The predicted molar refractivity (Wildman–Crippen MR) is 93.6 cm³/mol. The van der Waals surface area contributed by atoms with Gasteiger partial charge in [0.25, 0.3) is 0 Å². The summed E-state index contributed by atoms with van der Waals surface area (Å²) in [5.74, 6) is -1.58. The lowest BCUT2D eigenvalue weighted by molar-refractivity contribution is -0.387. The van der Waals surface area contributed by atoms with Crippen LogP contribution < -0.4 is 0 Å². The van der Waals surface area contributed by atoms with Crippen molar-refractivity contribution < 1.29 is 23.9 Å². The van der Waals surface area contributed by atoms with Gasteiger partial charge in [0.15, 0.2) is 5.79 Å². The molecule has 2 aromatic rings. The van der Waals surface area contributed by atoms with Gasteiger partial charge in [-0.2, -0.15) is 4.39 Å². The van der Waals surface area contributed by atoms with E-state index in [0.29, 0.717) is 24.1 Å². The fourth-order valence-electron chi connectivity index (χ4n) is 3.31. The summed E-state index contributed by atoms with van der Waals surface area (Å²) in [7, 11) is 0. The van der Waals surface area contributed by atoms with E-state index in [9.17, 15) is 19.6 Å². The molecule has 3 rings (SSSR count). The van der Waals surface area contributed by atoms with E-state index in [1.807, 2.05) is 32.3 Å². The first-order valence-corrected chi connectivity index (χ1v) is 8.44. The molecule has 1 saturated heterocycles. The minimum Gasteiger partial charge on any atom is -0.395 e. The van der Waals surface area contributed by atoms with Crippen molar-refractivity contribution in [3.05, 3.63) is 39.8 Å². The molecule has 7 nitrogen and oxygen atoms in total. The molecule has 0 bridgehead atoms.